The second kappa shape index (κ2) is 18.9. The number of alkyl carbamates (subject to hydrolysis) is 1. The Morgan fingerprint density at radius 2 is 1.47 bits per heavy atom. The minimum atomic E-state index is -0.818. The van der Waals surface area contributed by atoms with Crippen molar-refractivity contribution in [3.8, 4) is 0 Å². The summed E-state index contributed by atoms with van der Waals surface area (Å²) in [5.41, 5.74) is -0.263. The van der Waals surface area contributed by atoms with Gasteiger partial charge in [-0.25, -0.2) is 9.59 Å². The van der Waals surface area contributed by atoms with E-state index >= 15 is 0 Å². The molecule has 1 rings (SSSR count). The van der Waals surface area contributed by atoms with Gasteiger partial charge in [0, 0.05) is 0 Å². The van der Waals surface area contributed by atoms with Gasteiger partial charge >= 0.3 is 12.1 Å². The first kappa shape index (κ1) is 31.7. The van der Waals surface area contributed by atoms with Crippen LogP contribution in [0.3, 0.4) is 0 Å². The number of unbranched alkanes of at least 4 members (excludes halogenated alkanes) is 11. The third-order valence-corrected chi connectivity index (χ3v) is 5.85. The van der Waals surface area contributed by atoms with E-state index in [0.717, 1.165) is 19.3 Å². The number of ether oxygens (including phenoxy) is 2. The zero-order chi connectivity index (χ0) is 26.7. The van der Waals surface area contributed by atoms with Gasteiger partial charge in [-0.1, -0.05) is 95.4 Å². The van der Waals surface area contributed by atoms with E-state index in [1.807, 2.05) is 12.1 Å². The zero-order valence-electron chi connectivity index (χ0n) is 23.0. The summed E-state index contributed by atoms with van der Waals surface area (Å²) in [6.07, 6.45) is 17.2. The summed E-state index contributed by atoms with van der Waals surface area (Å²) < 4.78 is 11.0. The molecular formula is C30H49NO5. The van der Waals surface area contributed by atoms with Crippen molar-refractivity contribution in [3.05, 3.63) is 48.0 Å². The van der Waals surface area contributed by atoms with Gasteiger partial charge in [-0.2, -0.15) is 0 Å². The highest BCUT2D eigenvalue weighted by Gasteiger charge is 2.27. The second-order valence-electron chi connectivity index (χ2n) is 10.4. The molecule has 0 radical (unpaired) electrons. The van der Waals surface area contributed by atoms with Crippen molar-refractivity contribution in [2.75, 3.05) is 6.61 Å². The van der Waals surface area contributed by atoms with Crippen LogP contribution in [-0.2, 0) is 9.47 Å². The summed E-state index contributed by atoms with van der Waals surface area (Å²) in [5, 5.41) is 12.6. The average Bonchev–Trinajstić information content (AvgIpc) is 2.84. The number of hydrogen-bond donors (Lipinski definition) is 2. The van der Waals surface area contributed by atoms with Crippen LogP contribution < -0.4 is 5.32 Å². The fraction of sp³-hybridized carbons (Fsp3) is 0.667. The Hall–Kier alpha value is -2.34. The lowest BCUT2D eigenvalue weighted by atomic mass is 10.0. The van der Waals surface area contributed by atoms with Gasteiger partial charge in [-0.15, -0.1) is 0 Å². The van der Waals surface area contributed by atoms with Crippen LogP contribution in [0.1, 0.15) is 115 Å². The normalized spacial score (nSPS) is 13.4. The summed E-state index contributed by atoms with van der Waals surface area (Å²) in [4.78, 5) is 24.9. The molecule has 6 heteroatoms. The summed E-state index contributed by atoms with van der Waals surface area (Å²) in [5.74, 6) is -0.510. The molecular weight excluding hydrogens is 454 g/mol. The van der Waals surface area contributed by atoms with E-state index in [0.29, 0.717) is 5.56 Å². The molecule has 1 aromatic rings. The van der Waals surface area contributed by atoms with Crippen LogP contribution in [-0.4, -0.2) is 41.5 Å². The Bertz CT molecular complexity index is 741. The summed E-state index contributed by atoms with van der Waals surface area (Å²) in [6.45, 7) is 7.15. The number of carbonyl (C=O) groups excluding carboxylic acids is 2. The van der Waals surface area contributed by atoms with Gasteiger partial charge < -0.3 is 19.9 Å². The standard InChI is InChI=1S/C30H49NO5/c1-5-6-7-8-9-10-11-12-13-14-15-16-20-23-27(35-28(33)25-21-18-17-19-22-25)26(24-32)31-29(34)36-30(2,3)4/h17-23,26-27,32H,5-16,24H2,1-4H3,(H,31,34)/b23-20+/t26-,27+/m1/s1. The van der Waals surface area contributed by atoms with Gasteiger partial charge in [0.2, 0.25) is 0 Å². The van der Waals surface area contributed by atoms with Crippen molar-refractivity contribution < 1.29 is 24.2 Å². The number of aliphatic hydroxyl groups excluding tert-OH is 1. The molecule has 0 aliphatic rings. The second-order valence-corrected chi connectivity index (χ2v) is 10.4. The van der Waals surface area contributed by atoms with E-state index in [1.54, 1.807) is 51.1 Å². The van der Waals surface area contributed by atoms with Crippen molar-refractivity contribution in [1.82, 2.24) is 5.32 Å². The quantitative estimate of drug-likeness (QED) is 0.124. The number of rotatable bonds is 18. The maximum atomic E-state index is 12.6. The minimum Gasteiger partial charge on any atom is -0.452 e. The van der Waals surface area contributed by atoms with E-state index in [9.17, 15) is 14.7 Å². The molecule has 6 nitrogen and oxygen atoms in total. The van der Waals surface area contributed by atoms with Gasteiger partial charge in [0.05, 0.1) is 18.2 Å². The Balaban J connectivity index is 2.53. The van der Waals surface area contributed by atoms with Gasteiger partial charge in [0.25, 0.3) is 0 Å². The molecule has 36 heavy (non-hydrogen) atoms. The number of benzene rings is 1. The largest absolute Gasteiger partial charge is 0.452 e. The van der Waals surface area contributed by atoms with E-state index in [1.165, 1.54) is 57.8 Å². The lowest BCUT2D eigenvalue weighted by Crippen LogP contribution is -2.48. The Kier molecular flexibility index (Phi) is 16.6. The highest BCUT2D eigenvalue weighted by Crippen LogP contribution is 2.14. The Labute approximate surface area is 218 Å². The van der Waals surface area contributed by atoms with Crippen LogP contribution in [0.25, 0.3) is 0 Å². The number of aliphatic hydroxyl groups is 1. The van der Waals surface area contributed by atoms with Gasteiger partial charge in [-0.05, 0) is 51.8 Å². The van der Waals surface area contributed by atoms with E-state index in [2.05, 4.69) is 12.2 Å². The SMILES string of the molecule is CCCCCCCCCCCCC/C=C/[C@H](OC(=O)c1ccccc1)[C@@H](CO)NC(=O)OC(C)(C)C. The molecule has 0 aromatic heterocycles. The van der Waals surface area contributed by atoms with Crippen molar-refractivity contribution in [2.24, 2.45) is 0 Å². The van der Waals surface area contributed by atoms with Crippen molar-refractivity contribution in [2.45, 2.75) is 122 Å². The van der Waals surface area contributed by atoms with E-state index in [-0.39, 0.29) is 0 Å². The number of allylic oxidation sites excluding steroid dienone is 1. The maximum Gasteiger partial charge on any atom is 0.408 e. The number of hydrogen-bond acceptors (Lipinski definition) is 5. The average molecular weight is 504 g/mol. The molecule has 0 saturated carbocycles. The highest BCUT2D eigenvalue weighted by atomic mass is 16.6. The predicted octanol–water partition coefficient (Wildman–Crippen LogP) is 7.35. The molecule has 0 bridgehead atoms. The van der Waals surface area contributed by atoms with Crippen molar-refractivity contribution in [3.63, 3.8) is 0 Å². The van der Waals surface area contributed by atoms with E-state index < -0.39 is 36.4 Å². The molecule has 0 saturated heterocycles. The van der Waals surface area contributed by atoms with Crippen LogP contribution in [0.5, 0.6) is 0 Å². The fourth-order valence-electron chi connectivity index (χ4n) is 3.87. The van der Waals surface area contributed by atoms with Gasteiger partial charge in [0.1, 0.15) is 11.7 Å². The zero-order valence-corrected chi connectivity index (χ0v) is 23.0. The van der Waals surface area contributed by atoms with Crippen LogP contribution in [0, 0.1) is 0 Å². The van der Waals surface area contributed by atoms with Gasteiger partial charge in [-0.3, -0.25) is 0 Å². The molecule has 1 amide bonds. The van der Waals surface area contributed by atoms with E-state index in [4.69, 9.17) is 9.47 Å². The van der Waals surface area contributed by atoms with Gasteiger partial charge in [0.15, 0.2) is 0 Å². The summed E-state index contributed by atoms with van der Waals surface area (Å²) >= 11 is 0. The fourth-order valence-corrected chi connectivity index (χ4v) is 3.87. The number of nitrogens with one attached hydrogen (secondary N) is 1. The van der Waals surface area contributed by atoms with Crippen molar-refractivity contribution in [1.29, 1.82) is 0 Å². The monoisotopic (exact) mass is 503 g/mol. The molecule has 0 aliphatic heterocycles. The lowest BCUT2D eigenvalue weighted by Gasteiger charge is -2.26. The third-order valence-electron chi connectivity index (χ3n) is 5.85. The molecule has 2 N–H and O–H groups in total. The van der Waals surface area contributed by atoms with Crippen LogP contribution in [0.15, 0.2) is 42.5 Å². The molecule has 0 fully saturated rings. The molecule has 0 aliphatic carbocycles. The summed E-state index contributed by atoms with van der Waals surface area (Å²) in [6, 6.07) is 7.86. The van der Waals surface area contributed by atoms with Crippen LogP contribution >= 0.6 is 0 Å². The van der Waals surface area contributed by atoms with Crippen molar-refractivity contribution >= 4 is 12.1 Å². The summed E-state index contributed by atoms with van der Waals surface area (Å²) in [7, 11) is 0. The minimum absolute atomic E-state index is 0.394. The van der Waals surface area contributed by atoms with Crippen LogP contribution in [0.4, 0.5) is 4.79 Å². The number of carbonyl (C=O) groups is 2. The molecule has 2 atom stereocenters. The number of esters is 1. The first-order valence-electron chi connectivity index (χ1n) is 13.8. The molecule has 1 aromatic carbocycles. The number of amides is 1. The Morgan fingerprint density at radius 1 is 0.917 bits per heavy atom. The molecule has 204 valence electrons. The lowest BCUT2D eigenvalue weighted by molar-refractivity contribution is 0.0181. The topological polar surface area (TPSA) is 84.9 Å². The highest BCUT2D eigenvalue weighted by molar-refractivity contribution is 5.89. The first-order valence-corrected chi connectivity index (χ1v) is 13.8. The third kappa shape index (κ3) is 15.6. The Morgan fingerprint density at radius 3 is 2.00 bits per heavy atom. The molecule has 0 spiro atoms. The predicted molar refractivity (Wildman–Crippen MR) is 146 cm³/mol. The first-order chi connectivity index (χ1) is 17.3. The molecule has 0 heterocycles. The maximum absolute atomic E-state index is 12.6. The molecule has 0 unspecified atom stereocenters. The smallest absolute Gasteiger partial charge is 0.408 e. The van der Waals surface area contributed by atoms with Crippen LogP contribution in [0.2, 0.25) is 0 Å².